The number of rotatable bonds is 4. The number of carbonyl (C=O) groups excluding carboxylic acids is 1. The van der Waals surface area contributed by atoms with Crippen molar-refractivity contribution in [2.45, 2.75) is 0 Å². The third kappa shape index (κ3) is 3.95. The highest BCUT2D eigenvalue weighted by molar-refractivity contribution is 8.18. The van der Waals surface area contributed by atoms with E-state index in [0.29, 0.717) is 27.3 Å². The van der Waals surface area contributed by atoms with E-state index in [1.807, 2.05) is 0 Å². The summed E-state index contributed by atoms with van der Waals surface area (Å²) < 4.78 is 10.5. The number of ether oxygens (including phenoxy) is 2. The Kier molecular flexibility index (Phi) is 4.95. The van der Waals surface area contributed by atoms with Crippen LogP contribution in [-0.4, -0.2) is 30.4 Å². The first-order valence-electron chi connectivity index (χ1n) is 7.39. The largest absolute Gasteiger partial charge is 0.508 e. The molecule has 0 bridgehead atoms. The van der Waals surface area contributed by atoms with Crippen molar-refractivity contribution in [3.63, 3.8) is 0 Å². The van der Waals surface area contributed by atoms with E-state index < -0.39 is 0 Å². The van der Waals surface area contributed by atoms with Crippen LogP contribution in [0.4, 0.5) is 5.69 Å². The molecule has 0 saturated carbocycles. The zero-order chi connectivity index (χ0) is 17.8. The maximum Gasteiger partial charge on any atom is 0.264 e. The number of carbonyl (C=O) groups is 1. The molecule has 1 amide bonds. The summed E-state index contributed by atoms with van der Waals surface area (Å²) in [5.41, 5.74) is 1.38. The van der Waals surface area contributed by atoms with Crippen LogP contribution in [-0.2, 0) is 4.79 Å². The molecule has 0 atom stereocenters. The molecule has 1 aliphatic heterocycles. The van der Waals surface area contributed by atoms with E-state index in [1.165, 1.54) is 11.8 Å². The fourth-order valence-corrected chi connectivity index (χ4v) is 3.05. The second-order valence-electron chi connectivity index (χ2n) is 5.11. The van der Waals surface area contributed by atoms with Gasteiger partial charge in [-0.25, -0.2) is 4.99 Å². The topological polar surface area (TPSA) is 80.2 Å². The summed E-state index contributed by atoms with van der Waals surface area (Å²) in [5.74, 6) is 1.25. The molecule has 3 rings (SSSR count). The number of nitrogens with one attached hydrogen (secondary N) is 1. The van der Waals surface area contributed by atoms with Gasteiger partial charge in [0, 0.05) is 5.56 Å². The van der Waals surface area contributed by atoms with Gasteiger partial charge in [-0.1, -0.05) is 0 Å². The quantitative estimate of drug-likeness (QED) is 0.822. The molecular formula is C18H16N2O4S. The lowest BCUT2D eigenvalue weighted by Crippen LogP contribution is -2.19. The highest BCUT2D eigenvalue weighted by Crippen LogP contribution is 2.32. The lowest BCUT2D eigenvalue weighted by atomic mass is 10.1. The van der Waals surface area contributed by atoms with Crippen LogP contribution in [0.25, 0.3) is 6.08 Å². The number of nitrogens with zero attached hydrogens (tertiary/aromatic N) is 1. The minimum atomic E-state index is -0.229. The number of thioether (sulfide) groups is 1. The average Bonchev–Trinajstić information content (AvgIpc) is 2.96. The molecule has 7 heteroatoms. The number of aliphatic imine (C=N–C) groups is 1. The Morgan fingerprint density at radius 2 is 1.88 bits per heavy atom. The molecular weight excluding hydrogens is 340 g/mol. The Balaban J connectivity index is 1.87. The molecule has 0 aliphatic carbocycles. The number of aromatic hydroxyl groups is 1. The van der Waals surface area contributed by atoms with Crippen LogP contribution in [0.1, 0.15) is 5.56 Å². The molecule has 1 fully saturated rings. The van der Waals surface area contributed by atoms with Crippen LogP contribution < -0.4 is 14.8 Å². The Hall–Kier alpha value is -2.93. The van der Waals surface area contributed by atoms with Crippen molar-refractivity contribution in [3.05, 3.63) is 52.9 Å². The number of benzene rings is 2. The molecule has 6 nitrogen and oxygen atoms in total. The van der Waals surface area contributed by atoms with E-state index in [1.54, 1.807) is 62.8 Å². The first-order chi connectivity index (χ1) is 12.1. The van der Waals surface area contributed by atoms with Crippen LogP contribution in [0.15, 0.2) is 52.4 Å². The third-order valence-electron chi connectivity index (χ3n) is 3.45. The number of methoxy groups -OCH3 is 2. The molecule has 0 radical (unpaired) electrons. The van der Waals surface area contributed by atoms with E-state index in [9.17, 15) is 9.90 Å². The van der Waals surface area contributed by atoms with E-state index in [0.717, 1.165) is 5.56 Å². The Morgan fingerprint density at radius 3 is 2.56 bits per heavy atom. The fraction of sp³-hybridized carbons (Fsp3) is 0.111. The molecule has 0 spiro atoms. The molecule has 1 aliphatic rings. The smallest absolute Gasteiger partial charge is 0.264 e. The number of hydrogen-bond acceptors (Lipinski definition) is 6. The van der Waals surface area contributed by atoms with Crippen LogP contribution in [0, 0.1) is 0 Å². The molecule has 1 heterocycles. The van der Waals surface area contributed by atoms with Gasteiger partial charge in [-0.3, -0.25) is 4.79 Å². The summed E-state index contributed by atoms with van der Waals surface area (Å²) in [6.45, 7) is 0. The number of amides is 1. The molecule has 1 saturated heterocycles. The average molecular weight is 356 g/mol. The maximum atomic E-state index is 12.2. The van der Waals surface area contributed by atoms with Gasteiger partial charge in [0.2, 0.25) is 0 Å². The van der Waals surface area contributed by atoms with Gasteiger partial charge in [0.15, 0.2) is 5.17 Å². The molecule has 2 aromatic rings. The number of amidine groups is 1. The lowest BCUT2D eigenvalue weighted by Gasteiger charge is -2.07. The lowest BCUT2D eigenvalue weighted by molar-refractivity contribution is -0.115. The zero-order valence-electron chi connectivity index (χ0n) is 13.6. The van der Waals surface area contributed by atoms with Crippen molar-refractivity contribution in [1.82, 2.24) is 5.32 Å². The van der Waals surface area contributed by atoms with Crippen molar-refractivity contribution in [3.8, 4) is 17.2 Å². The molecule has 2 aromatic carbocycles. The Bertz CT molecular complexity index is 860. The third-order valence-corrected chi connectivity index (χ3v) is 4.36. The highest BCUT2D eigenvalue weighted by atomic mass is 32.2. The van der Waals surface area contributed by atoms with Crippen LogP contribution >= 0.6 is 11.8 Å². The predicted octanol–water partition coefficient (Wildman–Crippen LogP) is 3.30. The minimum absolute atomic E-state index is 0.165. The fourth-order valence-electron chi connectivity index (χ4n) is 2.22. The van der Waals surface area contributed by atoms with Crippen LogP contribution in [0.3, 0.4) is 0 Å². The summed E-state index contributed by atoms with van der Waals surface area (Å²) in [6.07, 6.45) is 1.74. The second-order valence-corrected chi connectivity index (χ2v) is 6.14. The Morgan fingerprint density at radius 1 is 1.12 bits per heavy atom. The summed E-state index contributed by atoms with van der Waals surface area (Å²) in [5, 5.41) is 12.5. The first-order valence-corrected chi connectivity index (χ1v) is 8.21. The van der Waals surface area contributed by atoms with Gasteiger partial charge in [-0.15, -0.1) is 0 Å². The van der Waals surface area contributed by atoms with Gasteiger partial charge in [-0.05, 0) is 60.3 Å². The van der Waals surface area contributed by atoms with Gasteiger partial charge in [0.05, 0.1) is 24.8 Å². The van der Waals surface area contributed by atoms with Gasteiger partial charge >= 0.3 is 0 Å². The first kappa shape index (κ1) is 16.9. The zero-order valence-corrected chi connectivity index (χ0v) is 14.5. The molecule has 0 aromatic heterocycles. The van der Waals surface area contributed by atoms with Crippen molar-refractivity contribution < 1.29 is 19.4 Å². The molecule has 128 valence electrons. The molecule has 25 heavy (non-hydrogen) atoms. The van der Waals surface area contributed by atoms with Gasteiger partial charge in [-0.2, -0.15) is 0 Å². The second kappa shape index (κ2) is 7.31. The summed E-state index contributed by atoms with van der Waals surface area (Å²) in [7, 11) is 3.15. The van der Waals surface area contributed by atoms with Gasteiger partial charge < -0.3 is 19.9 Å². The molecule has 2 N–H and O–H groups in total. The summed E-state index contributed by atoms with van der Waals surface area (Å²) in [6, 6.07) is 11.8. The van der Waals surface area contributed by atoms with Crippen molar-refractivity contribution in [2.24, 2.45) is 4.99 Å². The maximum absolute atomic E-state index is 12.2. The summed E-state index contributed by atoms with van der Waals surface area (Å²) >= 11 is 1.24. The normalized spacial score (nSPS) is 17.0. The van der Waals surface area contributed by atoms with E-state index in [-0.39, 0.29) is 11.7 Å². The van der Waals surface area contributed by atoms with E-state index >= 15 is 0 Å². The molecule has 0 unspecified atom stereocenters. The van der Waals surface area contributed by atoms with Crippen LogP contribution in [0.5, 0.6) is 17.2 Å². The minimum Gasteiger partial charge on any atom is -0.508 e. The van der Waals surface area contributed by atoms with Crippen molar-refractivity contribution in [1.29, 1.82) is 0 Å². The SMILES string of the molecule is COc1ccc(OC)c(/C=C2/SC(=Nc3ccc(O)cc3)NC2=O)c1. The highest BCUT2D eigenvalue weighted by Gasteiger charge is 2.24. The summed E-state index contributed by atoms with van der Waals surface area (Å²) in [4.78, 5) is 17.1. The van der Waals surface area contributed by atoms with Gasteiger partial charge in [0.1, 0.15) is 17.2 Å². The number of hydrogen-bond donors (Lipinski definition) is 2. The van der Waals surface area contributed by atoms with E-state index in [2.05, 4.69) is 10.3 Å². The standard InChI is InChI=1S/C18H16N2O4S/c1-23-14-7-8-15(24-2)11(9-14)10-16-17(22)20-18(25-16)19-12-3-5-13(21)6-4-12/h3-10,21H,1-2H3,(H,19,20,22)/b16-10+. The van der Waals surface area contributed by atoms with Gasteiger partial charge in [0.25, 0.3) is 5.91 Å². The number of phenols is 1. The Labute approximate surface area is 149 Å². The van der Waals surface area contributed by atoms with Crippen molar-refractivity contribution >= 4 is 34.6 Å². The van der Waals surface area contributed by atoms with Crippen molar-refractivity contribution in [2.75, 3.05) is 14.2 Å². The van der Waals surface area contributed by atoms with Crippen LogP contribution in [0.2, 0.25) is 0 Å². The monoisotopic (exact) mass is 356 g/mol. The number of phenolic OH excluding ortho intramolecular Hbond substituents is 1. The van der Waals surface area contributed by atoms with E-state index in [4.69, 9.17) is 9.47 Å². The predicted molar refractivity (Wildman–Crippen MR) is 98.5 cm³/mol.